The van der Waals surface area contributed by atoms with E-state index in [1.54, 1.807) is 11.3 Å². The molecule has 32 heavy (non-hydrogen) atoms. The number of thiazole rings is 1. The maximum atomic E-state index is 13.3. The van der Waals surface area contributed by atoms with E-state index in [1.807, 2.05) is 78.6 Å². The standard InChI is InChI=1S/C25H22ClN3O2S/c1-17-11-12-20(26)23-22(17)27-25(32-23)29-15-13-28(14-16-29)24(30)19-9-5-6-10-21(19)31-18-7-3-2-4-8-18/h2-12H,13-16H2,1H3. The Morgan fingerprint density at radius 1 is 0.969 bits per heavy atom. The summed E-state index contributed by atoms with van der Waals surface area (Å²) >= 11 is 7.99. The number of rotatable bonds is 4. The Labute approximate surface area is 195 Å². The molecule has 1 amide bonds. The van der Waals surface area contributed by atoms with Crippen molar-refractivity contribution < 1.29 is 9.53 Å². The maximum Gasteiger partial charge on any atom is 0.257 e. The summed E-state index contributed by atoms with van der Waals surface area (Å²) < 4.78 is 7.01. The second-order valence-corrected chi connectivity index (χ2v) is 9.11. The average molecular weight is 464 g/mol. The summed E-state index contributed by atoms with van der Waals surface area (Å²) in [5.74, 6) is 1.27. The van der Waals surface area contributed by atoms with Crippen molar-refractivity contribution in [2.24, 2.45) is 0 Å². The van der Waals surface area contributed by atoms with Crippen molar-refractivity contribution in [3.8, 4) is 11.5 Å². The zero-order chi connectivity index (χ0) is 22.1. The van der Waals surface area contributed by atoms with Crippen molar-refractivity contribution in [1.29, 1.82) is 0 Å². The summed E-state index contributed by atoms with van der Waals surface area (Å²) in [5.41, 5.74) is 2.66. The van der Waals surface area contributed by atoms with Crippen LogP contribution in [0.5, 0.6) is 11.5 Å². The summed E-state index contributed by atoms with van der Waals surface area (Å²) in [5, 5.41) is 1.69. The van der Waals surface area contributed by atoms with Gasteiger partial charge in [0.15, 0.2) is 5.13 Å². The van der Waals surface area contributed by atoms with Gasteiger partial charge in [-0.05, 0) is 42.8 Å². The first-order valence-electron chi connectivity index (χ1n) is 10.5. The molecule has 1 fully saturated rings. The predicted octanol–water partition coefficient (Wildman–Crippen LogP) is 6.01. The van der Waals surface area contributed by atoms with E-state index in [-0.39, 0.29) is 5.91 Å². The van der Waals surface area contributed by atoms with Gasteiger partial charge in [0.1, 0.15) is 11.5 Å². The minimum Gasteiger partial charge on any atom is -0.457 e. The smallest absolute Gasteiger partial charge is 0.257 e. The normalized spacial score (nSPS) is 14.1. The number of piperazine rings is 1. The third-order valence-electron chi connectivity index (χ3n) is 5.61. The second kappa shape index (κ2) is 8.81. The van der Waals surface area contributed by atoms with Crippen LogP contribution in [0, 0.1) is 6.92 Å². The van der Waals surface area contributed by atoms with Crippen molar-refractivity contribution in [1.82, 2.24) is 9.88 Å². The molecule has 7 heteroatoms. The third kappa shape index (κ3) is 4.04. The summed E-state index contributed by atoms with van der Waals surface area (Å²) in [6.45, 7) is 4.75. The number of anilines is 1. The molecular formula is C25H22ClN3O2S. The zero-order valence-electron chi connectivity index (χ0n) is 17.6. The molecule has 1 aliphatic heterocycles. The maximum absolute atomic E-state index is 13.3. The predicted molar refractivity (Wildman–Crippen MR) is 130 cm³/mol. The van der Waals surface area contributed by atoms with Crippen LogP contribution in [-0.2, 0) is 0 Å². The highest BCUT2D eigenvalue weighted by molar-refractivity contribution is 7.22. The fraction of sp³-hybridized carbons (Fsp3) is 0.200. The van der Waals surface area contributed by atoms with Crippen molar-refractivity contribution in [3.05, 3.63) is 82.9 Å². The molecule has 2 heterocycles. The van der Waals surface area contributed by atoms with Crippen LogP contribution in [0.3, 0.4) is 0 Å². The van der Waals surface area contributed by atoms with E-state index in [0.717, 1.165) is 39.0 Å². The van der Waals surface area contributed by atoms with Gasteiger partial charge in [-0.25, -0.2) is 4.98 Å². The molecule has 1 aliphatic rings. The number of para-hydroxylation sites is 2. The first-order chi connectivity index (χ1) is 15.6. The first-order valence-corrected chi connectivity index (χ1v) is 11.7. The van der Waals surface area contributed by atoms with E-state index < -0.39 is 0 Å². The average Bonchev–Trinajstić information content (AvgIpc) is 3.29. The lowest BCUT2D eigenvalue weighted by Crippen LogP contribution is -2.48. The topological polar surface area (TPSA) is 45.7 Å². The van der Waals surface area contributed by atoms with E-state index in [2.05, 4.69) is 4.90 Å². The molecule has 4 aromatic rings. The van der Waals surface area contributed by atoms with E-state index in [9.17, 15) is 4.79 Å². The highest BCUT2D eigenvalue weighted by Gasteiger charge is 2.26. The van der Waals surface area contributed by atoms with Gasteiger partial charge < -0.3 is 14.5 Å². The van der Waals surface area contributed by atoms with Crippen molar-refractivity contribution in [2.75, 3.05) is 31.1 Å². The number of benzene rings is 3. The Bertz CT molecular complexity index is 1230. The highest BCUT2D eigenvalue weighted by atomic mass is 35.5. The summed E-state index contributed by atoms with van der Waals surface area (Å²) in [7, 11) is 0. The van der Waals surface area contributed by atoms with E-state index in [1.165, 1.54) is 0 Å². The van der Waals surface area contributed by atoms with E-state index >= 15 is 0 Å². The van der Waals surface area contributed by atoms with Gasteiger partial charge in [-0.3, -0.25) is 4.79 Å². The van der Waals surface area contributed by atoms with Crippen LogP contribution in [0.2, 0.25) is 5.02 Å². The van der Waals surface area contributed by atoms with Crippen molar-refractivity contribution >= 4 is 44.2 Å². The third-order valence-corrected chi connectivity index (χ3v) is 7.19. The Hall–Kier alpha value is -3.09. The van der Waals surface area contributed by atoms with Crippen LogP contribution in [0.15, 0.2) is 66.7 Å². The Morgan fingerprint density at radius 2 is 1.69 bits per heavy atom. The highest BCUT2D eigenvalue weighted by Crippen LogP contribution is 2.36. The molecule has 0 atom stereocenters. The first kappa shape index (κ1) is 20.8. The van der Waals surface area contributed by atoms with Crippen LogP contribution < -0.4 is 9.64 Å². The van der Waals surface area contributed by atoms with Gasteiger partial charge in [-0.15, -0.1) is 0 Å². The van der Waals surface area contributed by atoms with Crippen LogP contribution in [0.4, 0.5) is 5.13 Å². The number of hydrogen-bond acceptors (Lipinski definition) is 5. The molecule has 0 spiro atoms. The number of amides is 1. The lowest BCUT2D eigenvalue weighted by molar-refractivity contribution is 0.0744. The van der Waals surface area contributed by atoms with Gasteiger partial charge in [0.25, 0.3) is 5.91 Å². The van der Waals surface area contributed by atoms with Gasteiger partial charge >= 0.3 is 0 Å². The van der Waals surface area contributed by atoms with Gasteiger partial charge in [-0.2, -0.15) is 0 Å². The number of hydrogen-bond donors (Lipinski definition) is 0. The number of aryl methyl sites for hydroxylation is 1. The molecule has 1 saturated heterocycles. The summed E-state index contributed by atoms with van der Waals surface area (Å²) in [6, 6.07) is 20.9. The number of fused-ring (bicyclic) bond motifs is 1. The van der Waals surface area contributed by atoms with Crippen molar-refractivity contribution in [2.45, 2.75) is 6.92 Å². The molecule has 0 bridgehead atoms. The molecule has 0 saturated carbocycles. The number of carbonyl (C=O) groups excluding carboxylic acids is 1. The molecule has 0 radical (unpaired) electrons. The Morgan fingerprint density at radius 3 is 2.44 bits per heavy atom. The molecule has 162 valence electrons. The molecular weight excluding hydrogens is 442 g/mol. The summed E-state index contributed by atoms with van der Waals surface area (Å²) in [6.07, 6.45) is 0. The number of aromatic nitrogens is 1. The van der Waals surface area contributed by atoms with Gasteiger partial charge in [0, 0.05) is 26.2 Å². The molecule has 3 aromatic carbocycles. The molecule has 0 N–H and O–H groups in total. The fourth-order valence-corrected chi connectivity index (χ4v) is 5.21. The van der Waals surface area contributed by atoms with Crippen LogP contribution in [0.1, 0.15) is 15.9 Å². The van der Waals surface area contributed by atoms with Gasteiger partial charge in [0.05, 0.1) is 20.8 Å². The van der Waals surface area contributed by atoms with Gasteiger partial charge in [-0.1, -0.05) is 59.3 Å². The molecule has 5 rings (SSSR count). The largest absolute Gasteiger partial charge is 0.457 e. The lowest BCUT2D eigenvalue weighted by Gasteiger charge is -2.34. The number of halogens is 1. The monoisotopic (exact) mass is 463 g/mol. The molecule has 1 aromatic heterocycles. The van der Waals surface area contributed by atoms with Gasteiger partial charge in [0.2, 0.25) is 0 Å². The minimum absolute atomic E-state index is 0.0145. The Kier molecular flexibility index (Phi) is 5.72. The number of nitrogens with zero attached hydrogens (tertiary/aromatic N) is 3. The number of ether oxygens (including phenoxy) is 1. The van der Waals surface area contributed by atoms with Crippen molar-refractivity contribution in [3.63, 3.8) is 0 Å². The van der Waals surface area contributed by atoms with Crippen LogP contribution in [-0.4, -0.2) is 42.0 Å². The quantitative estimate of drug-likeness (QED) is 0.371. The lowest BCUT2D eigenvalue weighted by atomic mass is 10.1. The van der Waals surface area contributed by atoms with Crippen LogP contribution in [0.25, 0.3) is 10.2 Å². The SMILES string of the molecule is Cc1ccc(Cl)c2sc(N3CCN(C(=O)c4ccccc4Oc4ccccc4)CC3)nc12. The Balaban J connectivity index is 1.30. The molecule has 5 nitrogen and oxygen atoms in total. The van der Waals surface area contributed by atoms with E-state index in [0.29, 0.717) is 30.2 Å². The van der Waals surface area contributed by atoms with E-state index in [4.69, 9.17) is 21.3 Å². The molecule has 0 unspecified atom stereocenters. The number of carbonyl (C=O) groups is 1. The van der Waals surface area contributed by atoms with Crippen LogP contribution >= 0.6 is 22.9 Å². The molecule has 0 aliphatic carbocycles. The minimum atomic E-state index is -0.0145. The second-order valence-electron chi connectivity index (χ2n) is 7.73. The summed E-state index contributed by atoms with van der Waals surface area (Å²) in [4.78, 5) is 22.2. The zero-order valence-corrected chi connectivity index (χ0v) is 19.2. The fourth-order valence-electron chi connectivity index (χ4n) is 3.85.